The van der Waals surface area contributed by atoms with E-state index in [-0.39, 0.29) is 0 Å². The van der Waals surface area contributed by atoms with E-state index in [0.717, 1.165) is 5.69 Å². The highest BCUT2D eigenvalue weighted by Crippen LogP contribution is 2.00. The summed E-state index contributed by atoms with van der Waals surface area (Å²) >= 11 is 4.03. The van der Waals surface area contributed by atoms with Crippen molar-refractivity contribution in [3.8, 4) is 6.07 Å². The molecule has 1 aromatic heterocycles. The van der Waals surface area contributed by atoms with Crippen LogP contribution in [0.2, 0.25) is 0 Å². The molecule has 0 amide bonds. The number of rotatable bonds is 1. The van der Waals surface area contributed by atoms with Crippen LogP contribution in [-0.4, -0.2) is 4.98 Å². The average molecular weight is 150 g/mol. The molecule has 0 radical (unpaired) electrons. The lowest BCUT2D eigenvalue weighted by molar-refractivity contribution is 1.17. The van der Waals surface area contributed by atoms with E-state index < -0.39 is 0 Å². The molecule has 0 aliphatic carbocycles. The fourth-order valence-electron chi connectivity index (χ4n) is 0.584. The second-order valence-electron chi connectivity index (χ2n) is 1.81. The molecule has 2 nitrogen and oxygen atoms in total. The molecule has 50 valence electrons. The Labute approximate surface area is 64.9 Å². The maximum absolute atomic E-state index is 8.39. The standard InChI is InChI=1S/C7H6N2S/c8-3-6-1-2-7(5-10)9-4-6/h1-2,4,10H,5H2. The predicted molar refractivity (Wildman–Crippen MR) is 41.6 cm³/mol. The molecule has 3 heteroatoms. The highest BCUT2D eigenvalue weighted by molar-refractivity contribution is 7.79. The molecule has 0 saturated carbocycles. The summed E-state index contributed by atoms with van der Waals surface area (Å²) in [6, 6.07) is 5.52. The maximum Gasteiger partial charge on any atom is 0.101 e. The molecule has 10 heavy (non-hydrogen) atoms. The smallest absolute Gasteiger partial charge is 0.101 e. The third-order valence-corrected chi connectivity index (χ3v) is 1.44. The molecule has 0 fully saturated rings. The van der Waals surface area contributed by atoms with Gasteiger partial charge in [0.25, 0.3) is 0 Å². The van der Waals surface area contributed by atoms with Gasteiger partial charge in [0.05, 0.1) is 11.3 Å². The SMILES string of the molecule is N#Cc1ccc(CS)nc1. The molecule has 0 spiro atoms. The van der Waals surface area contributed by atoms with Gasteiger partial charge in [-0.1, -0.05) is 0 Å². The lowest BCUT2D eigenvalue weighted by Gasteiger charge is -1.91. The number of nitrogens with zero attached hydrogens (tertiary/aromatic N) is 2. The largest absolute Gasteiger partial charge is 0.259 e. The van der Waals surface area contributed by atoms with Gasteiger partial charge in [0.15, 0.2) is 0 Å². The van der Waals surface area contributed by atoms with E-state index in [2.05, 4.69) is 17.6 Å². The van der Waals surface area contributed by atoms with E-state index in [1.807, 2.05) is 6.07 Å². The summed E-state index contributed by atoms with van der Waals surface area (Å²) in [4.78, 5) is 3.97. The van der Waals surface area contributed by atoms with Crippen LogP contribution in [0.4, 0.5) is 0 Å². The molecule has 1 rings (SSSR count). The van der Waals surface area contributed by atoms with E-state index >= 15 is 0 Å². The first kappa shape index (κ1) is 7.10. The summed E-state index contributed by atoms with van der Waals surface area (Å²) < 4.78 is 0. The van der Waals surface area contributed by atoms with Gasteiger partial charge in [-0.2, -0.15) is 17.9 Å². The minimum atomic E-state index is 0.588. The zero-order chi connectivity index (χ0) is 7.40. The Bertz CT molecular complexity index is 247. The molecule has 0 aromatic carbocycles. The Morgan fingerprint density at radius 2 is 2.40 bits per heavy atom. The minimum Gasteiger partial charge on any atom is -0.259 e. The first-order valence-corrected chi connectivity index (χ1v) is 3.46. The third kappa shape index (κ3) is 1.49. The predicted octanol–water partition coefficient (Wildman–Crippen LogP) is 1.38. The normalized spacial score (nSPS) is 8.80. The van der Waals surface area contributed by atoms with Crippen LogP contribution in [0.1, 0.15) is 11.3 Å². The Morgan fingerprint density at radius 1 is 1.60 bits per heavy atom. The van der Waals surface area contributed by atoms with E-state index in [9.17, 15) is 0 Å². The van der Waals surface area contributed by atoms with Crippen LogP contribution < -0.4 is 0 Å². The van der Waals surface area contributed by atoms with Crippen LogP contribution in [0.25, 0.3) is 0 Å². The number of pyridine rings is 1. The van der Waals surface area contributed by atoms with Crippen LogP contribution in [0.5, 0.6) is 0 Å². The fourth-order valence-corrected chi connectivity index (χ4v) is 0.771. The highest BCUT2D eigenvalue weighted by atomic mass is 32.1. The number of aromatic nitrogens is 1. The summed E-state index contributed by atoms with van der Waals surface area (Å²) in [6.07, 6.45) is 1.55. The topological polar surface area (TPSA) is 36.7 Å². The van der Waals surface area contributed by atoms with Crippen molar-refractivity contribution in [3.05, 3.63) is 29.6 Å². The van der Waals surface area contributed by atoms with E-state index in [4.69, 9.17) is 5.26 Å². The molecule has 0 bridgehead atoms. The quantitative estimate of drug-likeness (QED) is 0.614. The summed E-state index contributed by atoms with van der Waals surface area (Å²) in [5, 5.41) is 8.39. The second-order valence-corrected chi connectivity index (χ2v) is 2.12. The number of nitriles is 1. The van der Waals surface area contributed by atoms with Crippen molar-refractivity contribution >= 4 is 12.6 Å². The zero-order valence-electron chi connectivity index (χ0n) is 5.28. The van der Waals surface area contributed by atoms with Crippen molar-refractivity contribution in [2.75, 3.05) is 0 Å². The van der Waals surface area contributed by atoms with Crippen LogP contribution in [0.15, 0.2) is 18.3 Å². The summed E-state index contributed by atoms with van der Waals surface area (Å²) in [5.41, 5.74) is 1.48. The highest BCUT2D eigenvalue weighted by Gasteiger charge is 1.90. The van der Waals surface area contributed by atoms with Gasteiger partial charge in [0, 0.05) is 11.9 Å². The van der Waals surface area contributed by atoms with Gasteiger partial charge in [-0.3, -0.25) is 4.98 Å². The molecule has 1 aromatic rings. The second kappa shape index (κ2) is 3.23. The van der Waals surface area contributed by atoms with Gasteiger partial charge >= 0.3 is 0 Å². The monoisotopic (exact) mass is 150 g/mol. The number of thiol groups is 1. The molecule has 1 heterocycles. The van der Waals surface area contributed by atoms with Gasteiger partial charge < -0.3 is 0 Å². The fraction of sp³-hybridized carbons (Fsp3) is 0.143. The summed E-state index contributed by atoms with van der Waals surface area (Å²) in [7, 11) is 0. The lowest BCUT2D eigenvalue weighted by atomic mass is 10.3. The van der Waals surface area contributed by atoms with Gasteiger partial charge in [-0.05, 0) is 12.1 Å². The van der Waals surface area contributed by atoms with Crippen LogP contribution in [-0.2, 0) is 5.75 Å². The van der Waals surface area contributed by atoms with E-state index in [0.29, 0.717) is 11.3 Å². The van der Waals surface area contributed by atoms with E-state index in [1.165, 1.54) is 0 Å². The molecule has 0 unspecified atom stereocenters. The zero-order valence-corrected chi connectivity index (χ0v) is 6.18. The molecule has 0 N–H and O–H groups in total. The van der Waals surface area contributed by atoms with Crippen molar-refractivity contribution < 1.29 is 0 Å². The first-order chi connectivity index (χ1) is 4.86. The minimum absolute atomic E-state index is 0.588. The van der Waals surface area contributed by atoms with Crippen LogP contribution in [0.3, 0.4) is 0 Å². The van der Waals surface area contributed by atoms with Crippen molar-refractivity contribution in [1.29, 1.82) is 5.26 Å². The molecule has 0 aliphatic rings. The molecular weight excluding hydrogens is 144 g/mol. The van der Waals surface area contributed by atoms with Gasteiger partial charge in [-0.15, -0.1) is 0 Å². The summed E-state index contributed by atoms with van der Waals surface area (Å²) in [5.74, 6) is 0.617. The number of hydrogen-bond acceptors (Lipinski definition) is 3. The van der Waals surface area contributed by atoms with Gasteiger partial charge in [0.2, 0.25) is 0 Å². The third-order valence-electron chi connectivity index (χ3n) is 1.12. The Hall–Kier alpha value is -1.01. The van der Waals surface area contributed by atoms with Crippen LogP contribution >= 0.6 is 12.6 Å². The number of hydrogen-bond donors (Lipinski definition) is 1. The van der Waals surface area contributed by atoms with Crippen LogP contribution in [0, 0.1) is 11.3 Å². The van der Waals surface area contributed by atoms with Crippen molar-refractivity contribution in [3.63, 3.8) is 0 Å². The van der Waals surface area contributed by atoms with Crippen molar-refractivity contribution in [2.24, 2.45) is 0 Å². The Balaban J connectivity index is 2.93. The molecular formula is C7H6N2S. The van der Waals surface area contributed by atoms with E-state index in [1.54, 1.807) is 18.3 Å². The molecule has 0 atom stereocenters. The summed E-state index contributed by atoms with van der Waals surface area (Å²) in [6.45, 7) is 0. The Morgan fingerprint density at radius 3 is 2.80 bits per heavy atom. The van der Waals surface area contributed by atoms with Crippen molar-refractivity contribution in [2.45, 2.75) is 5.75 Å². The first-order valence-electron chi connectivity index (χ1n) is 2.82. The maximum atomic E-state index is 8.39. The van der Waals surface area contributed by atoms with Gasteiger partial charge in [0.1, 0.15) is 6.07 Å². The average Bonchev–Trinajstić information content (AvgIpc) is 2.05. The lowest BCUT2D eigenvalue weighted by Crippen LogP contribution is -1.84. The van der Waals surface area contributed by atoms with Gasteiger partial charge in [-0.25, -0.2) is 0 Å². The Kier molecular flexibility index (Phi) is 2.30. The van der Waals surface area contributed by atoms with Crippen molar-refractivity contribution in [1.82, 2.24) is 4.98 Å². The molecule has 0 saturated heterocycles. The molecule has 0 aliphatic heterocycles.